The quantitative estimate of drug-likeness (QED) is 0.0125. The van der Waals surface area contributed by atoms with Gasteiger partial charge in [0.05, 0.1) is 19.4 Å². The van der Waals surface area contributed by atoms with Crippen molar-refractivity contribution in [3.05, 3.63) is 35.9 Å². The molecular weight excluding hydrogens is 1740 g/mol. The van der Waals surface area contributed by atoms with Crippen LogP contribution in [0, 0.1) is 34.0 Å². The molecule has 1 aliphatic rings. The van der Waals surface area contributed by atoms with Crippen LogP contribution in [0.5, 0.6) is 0 Å². The van der Waals surface area contributed by atoms with Gasteiger partial charge in [0.15, 0.2) is 17.9 Å². The molecule has 14 atom stereocenters. The Balaban J connectivity index is 2.41. The van der Waals surface area contributed by atoms with Crippen molar-refractivity contribution >= 4 is 136 Å². The van der Waals surface area contributed by atoms with E-state index in [2.05, 4.69) is 106 Å². The van der Waals surface area contributed by atoms with E-state index in [0.717, 1.165) is 25.7 Å². The first kappa shape index (κ1) is 115. The zero-order valence-corrected chi connectivity index (χ0v) is 77.0. The molecule has 1 aromatic carbocycles. The molecule has 0 radical (unpaired) electrons. The lowest BCUT2D eigenvalue weighted by Gasteiger charge is -2.28. The monoisotopic (exact) mass is 1880 g/mol. The van der Waals surface area contributed by atoms with E-state index in [9.17, 15) is 96.2 Å². The fourth-order valence-corrected chi connectivity index (χ4v) is 13.6. The molecule has 744 valence electrons. The highest BCUT2D eigenvalue weighted by molar-refractivity contribution is 6.02. The van der Waals surface area contributed by atoms with Crippen LogP contribution in [0.25, 0.3) is 0 Å². The van der Waals surface area contributed by atoms with Gasteiger partial charge in [-0.2, -0.15) is 5.10 Å². The average Bonchev–Trinajstić information content (AvgIpc) is 0.851. The van der Waals surface area contributed by atoms with E-state index in [0.29, 0.717) is 37.3 Å². The Morgan fingerprint density at radius 1 is 0.406 bits per heavy atom. The Morgan fingerprint density at radius 2 is 0.805 bits per heavy atom. The Labute approximate surface area is 772 Å². The number of guanidine groups is 3. The second kappa shape index (κ2) is 62.6. The number of hydrazone groups is 1. The number of unbranched alkanes of at least 4 members (excludes halogenated alkanes) is 2. The maximum atomic E-state index is 14.7. The number of aliphatic carboxylic acids is 1. The number of carboxylic acids is 1. The molecule has 50 nitrogen and oxygen atoms in total. The highest BCUT2D eigenvalue weighted by atomic mass is 16.4. The van der Waals surface area contributed by atoms with Gasteiger partial charge in [0.2, 0.25) is 106 Å². The summed E-state index contributed by atoms with van der Waals surface area (Å²) in [5.74, 6) is -20.7. The van der Waals surface area contributed by atoms with Crippen molar-refractivity contribution in [2.75, 3.05) is 39.3 Å². The van der Waals surface area contributed by atoms with Crippen LogP contribution in [0.2, 0.25) is 0 Å². The molecule has 0 aromatic heterocycles. The SMILES string of the molecule is CC(=O)N[C@@H](CCCCN/N=C/C1CCCCC1)C(=O)N[C@@H](CC(=O)O)C(=O)N[C@H](C(=O)N[C@@H](C)C(=O)N[C@@H](CC(N)=O)C(=O)N[C@@H](CCCNC(=N)N)C(=O)N[C@@H](Cc1ccccc1)C(=O)N[C@@H](C)C(=O)N[C@@H](CCCNC(=N)N)C(=O)N[C@@H](CCCCN)C(=O)NCC(=O)N[C@@H](C)C(=O)N[C@@H](CC(C)C)C(=O)N[C@@H](CCCNC(=N)N)C(=O)N[C@@H](CCC(N)=O)C(N)=O)C(C)C. The maximum Gasteiger partial charge on any atom is 0.305 e. The minimum atomic E-state index is -1.89. The van der Waals surface area contributed by atoms with E-state index in [4.69, 9.17) is 56.4 Å². The van der Waals surface area contributed by atoms with Crippen LogP contribution >= 0.6 is 0 Å². The summed E-state index contributed by atoms with van der Waals surface area (Å²) < 4.78 is 0. The molecular formula is C83H142N30O20. The van der Waals surface area contributed by atoms with Crippen LogP contribution in [-0.4, -0.2) is 265 Å². The molecule has 0 saturated heterocycles. The van der Waals surface area contributed by atoms with Gasteiger partial charge in [-0.15, -0.1) is 0 Å². The third-order valence-electron chi connectivity index (χ3n) is 20.8. The number of hydrogen-bond acceptors (Lipinski definition) is 25. The predicted molar refractivity (Wildman–Crippen MR) is 488 cm³/mol. The van der Waals surface area contributed by atoms with Crippen molar-refractivity contribution in [2.24, 2.45) is 63.0 Å². The summed E-state index contributed by atoms with van der Waals surface area (Å²) in [6.07, 6.45) is 5.90. The maximum absolute atomic E-state index is 14.7. The topological polar surface area (TPSA) is 839 Å². The molecule has 0 aliphatic heterocycles. The number of nitrogens with zero attached hydrogens (tertiary/aromatic N) is 1. The van der Waals surface area contributed by atoms with Crippen LogP contribution in [0.3, 0.4) is 0 Å². The smallest absolute Gasteiger partial charge is 0.305 e. The Hall–Kier alpha value is -13.6. The van der Waals surface area contributed by atoms with E-state index < -0.39 is 234 Å². The molecule has 18 amide bonds. The molecule has 2 rings (SSSR count). The third kappa shape index (κ3) is 49.3. The summed E-state index contributed by atoms with van der Waals surface area (Å²) in [5, 5.41) is 81.9. The first-order chi connectivity index (χ1) is 62.7. The second-order valence-corrected chi connectivity index (χ2v) is 33.3. The van der Waals surface area contributed by atoms with E-state index in [1.165, 1.54) is 48.0 Å². The number of benzene rings is 1. The van der Waals surface area contributed by atoms with E-state index in [1.54, 1.807) is 44.2 Å². The fourth-order valence-electron chi connectivity index (χ4n) is 13.6. The largest absolute Gasteiger partial charge is 0.481 e. The highest BCUT2D eigenvalue weighted by Crippen LogP contribution is 2.22. The number of nitrogens with one attached hydrogen (secondary N) is 22. The van der Waals surface area contributed by atoms with Gasteiger partial charge in [0.1, 0.15) is 84.6 Å². The molecule has 1 aliphatic carbocycles. The first-order valence-corrected chi connectivity index (χ1v) is 44.5. The standard InChI is InChI=1S/C83H142N30O20/c1-44(2)38-58(77(130)107-56(29-20-35-95-82(90)91)73(126)104-52(67(87)120)31-32-62(85)115)109-68(121)46(5)100-64(117)43-97-71(124)53(26-15-17-33-84)106-74(127)55(28-19-34-94-81(88)89)105-69(122)47(6)101-76(129)59(39-50-22-11-9-12-23-50)111-75(128)57(30-21-36-96-83(92)93)108-78(131)60(40-63(86)116)110-70(123)48(7)102-80(133)66(45(3)4)113-79(132)61(41-65(118)119)112-72(125)54(103-49(8)114)27-16-18-37-98-99-42-51-24-13-10-14-25-51/h9,11-12,22-23,42,44-48,51-61,66,98H,10,13-21,24-41,43,84H2,1-8H3,(H2,85,115)(H2,86,116)(H2,87,120)(H,97,124)(H,100,117)(H,101,129)(H,102,133)(H,103,114)(H,104,126)(H,105,122)(H,106,127)(H,107,130)(H,108,131)(H,109,121)(H,110,123)(H,111,128)(H,112,125)(H,113,132)(H,118,119)(H4,88,89,94)(H4,90,91,95)(H4,92,93,96)/b99-42+/t46-,47-,48-,52-,53-,54-,55-,56-,57-,58-,59-,60-,61-,66-/m0/s1. The lowest BCUT2D eigenvalue weighted by atomic mass is 9.90. The highest BCUT2D eigenvalue weighted by Gasteiger charge is 2.39. The number of hydrogen-bond donors (Lipinski definition) is 30. The van der Waals surface area contributed by atoms with Crippen molar-refractivity contribution < 1.29 is 96.2 Å². The number of rotatable bonds is 65. The number of carboxylic acid groups (broad SMARTS) is 1. The molecule has 0 unspecified atom stereocenters. The Morgan fingerprint density at radius 3 is 1.26 bits per heavy atom. The van der Waals surface area contributed by atoms with Crippen LogP contribution in [0.15, 0.2) is 35.4 Å². The number of nitrogens with two attached hydrogens (primary N) is 7. The normalized spacial score (nSPS) is 15.0. The number of amides is 18. The summed E-state index contributed by atoms with van der Waals surface area (Å²) in [4.78, 5) is 258. The molecule has 0 bridgehead atoms. The molecule has 0 spiro atoms. The molecule has 1 saturated carbocycles. The lowest BCUT2D eigenvalue weighted by Crippen LogP contribution is -2.61. The molecule has 133 heavy (non-hydrogen) atoms. The van der Waals surface area contributed by atoms with Crippen LogP contribution < -0.4 is 141 Å². The molecule has 1 fully saturated rings. The van der Waals surface area contributed by atoms with E-state index >= 15 is 0 Å². The summed E-state index contributed by atoms with van der Waals surface area (Å²) in [5.41, 5.74) is 42.0. The van der Waals surface area contributed by atoms with Crippen molar-refractivity contribution in [1.29, 1.82) is 16.2 Å². The molecule has 37 N–H and O–H groups in total. The predicted octanol–water partition coefficient (Wildman–Crippen LogP) is -7.74. The van der Waals surface area contributed by atoms with Crippen molar-refractivity contribution in [1.82, 2.24) is 101 Å². The summed E-state index contributed by atoms with van der Waals surface area (Å²) in [6, 6.07) is -13.0. The second-order valence-electron chi connectivity index (χ2n) is 33.3. The first-order valence-electron chi connectivity index (χ1n) is 44.5. The van der Waals surface area contributed by atoms with Crippen LogP contribution in [-0.2, 0) is 97.5 Å². The molecule has 0 heterocycles. The average molecular weight is 1880 g/mol. The lowest BCUT2D eigenvalue weighted by molar-refractivity contribution is -0.142. The van der Waals surface area contributed by atoms with Crippen molar-refractivity contribution in [3.63, 3.8) is 0 Å². The number of primary amides is 3. The molecule has 50 heteroatoms. The van der Waals surface area contributed by atoms with E-state index in [-0.39, 0.29) is 122 Å². The third-order valence-corrected chi connectivity index (χ3v) is 20.8. The van der Waals surface area contributed by atoms with Crippen LogP contribution in [0.1, 0.15) is 202 Å². The van der Waals surface area contributed by atoms with Gasteiger partial charge >= 0.3 is 5.97 Å². The van der Waals surface area contributed by atoms with Gasteiger partial charge in [-0.05, 0) is 153 Å². The fraction of sp³-hybridized carbons (Fsp3) is 0.651. The van der Waals surface area contributed by atoms with Gasteiger partial charge in [-0.3, -0.25) is 107 Å². The summed E-state index contributed by atoms with van der Waals surface area (Å²) in [6.45, 7) is 11.2. The van der Waals surface area contributed by atoms with Gasteiger partial charge in [0.25, 0.3) is 0 Å². The summed E-state index contributed by atoms with van der Waals surface area (Å²) in [7, 11) is 0. The van der Waals surface area contributed by atoms with Crippen LogP contribution in [0.4, 0.5) is 0 Å². The minimum absolute atomic E-state index is 0.00311. The van der Waals surface area contributed by atoms with Gasteiger partial charge < -0.3 is 146 Å². The minimum Gasteiger partial charge on any atom is -0.481 e. The van der Waals surface area contributed by atoms with Gasteiger partial charge in [-0.25, -0.2) is 0 Å². The number of carbonyl (C=O) groups is 19. The Bertz CT molecular complexity index is 4120. The number of carbonyl (C=O) groups excluding carboxylic acids is 18. The Kier molecular flexibility index (Phi) is 54.4. The van der Waals surface area contributed by atoms with Crippen molar-refractivity contribution in [2.45, 2.75) is 288 Å². The van der Waals surface area contributed by atoms with Crippen molar-refractivity contribution in [3.8, 4) is 0 Å². The zero-order chi connectivity index (χ0) is 100.0. The zero-order valence-electron chi connectivity index (χ0n) is 77.0. The summed E-state index contributed by atoms with van der Waals surface area (Å²) >= 11 is 0. The van der Waals surface area contributed by atoms with E-state index in [1.807, 2.05) is 6.21 Å². The van der Waals surface area contributed by atoms with Gasteiger partial charge in [-0.1, -0.05) is 77.3 Å². The van der Waals surface area contributed by atoms with Gasteiger partial charge in [0, 0.05) is 52.2 Å². The molecule has 1 aromatic rings.